The summed E-state index contributed by atoms with van der Waals surface area (Å²) in [7, 11) is 0. The van der Waals surface area contributed by atoms with Gasteiger partial charge in [0.05, 0.1) is 0 Å². The molecular formula is C12H17NO. The predicted octanol–water partition coefficient (Wildman–Crippen LogP) is 2.41. The van der Waals surface area contributed by atoms with Crippen molar-refractivity contribution in [1.82, 2.24) is 0 Å². The lowest BCUT2D eigenvalue weighted by molar-refractivity contribution is 0.267. The van der Waals surface area contributed by atoms with Crippen LogP contribution in [-0.2, 0) is 6.54 Å². The van der Waals surface area contributed by atoms with Gasteiger partial charge in [-0.2, -0.15) is 0 Å². The minimum absolute atomic E-state index is 0.0167. The summed E-state index contributed by atoms with van der Waals surface area (Å²) in [5.74, 6) is 0.852. The van der Waals surface area contributed by atoms with Crippen LogP contribution in [-0.4, -0.2) is 6.10 Å². The van der Waals surface area contributed by atoms with Crippen LogP contribution in [0.4, 0.5) is 0 Å². The molecule has 1 rings (SSSR count). The molecule has 0 aliphatic heterocycles. The lowest BCUT2D eigenvalue weighted by Crippen LogP contribution is -2.10. The smallest absolute Gasteiger partial charge is 0.124 e. The van der Waals surface area contributed by atoms with Crippen molar-refractivity contribution in [3.8, 4) is 5.75 Å². The van der Waals surface area contributed by atoms with Gasteiger partial charge in [-0.15, -0.1) is 0 Å². The topological polar surface area (TPSA) is 35.2 Å². The van der Waals surface area contributed by atoms with Crippen LogP contribution in [0.1, 0.15) is 18.1 Å². The molecule has 14 heavy (non-hydrogen) atoms. The molecule has 2 N–H and O–H groups in total. The van der Waals surface area contributed by atoms with Gasteiger partial charge in [0.25, 0.3) is 0 Å². The molecule has 1 atom stereocenters. The normalized spacial score (nSPS) is 12.2. The summed E-state index contributed by atoms with van der Waals surface area (Å²) < 4.78 is 5.64. The Kier molecular flexibility index (Phi) is 3.72. The first-order valence-electron chi connectivity index (χ1n) is 4.76. The number of benzene rings is 1. The number of hydrogen-bond acceptors (Lipinski definition) is 2. The van der Waals surface area contributed by atoms with Crippen LogP contribution in [0.2, 0.25) is 0 Å². The van der Waals surface area contributed by atoms with E-state index in [1.54, 1.807) is 6.08 Å². The van der Waals surface area contributed by atoms with E-state index in [2.05, 4.69) is 6.58 Å². The zero-order valence-corrected chi connectivity index (χ0v) is 8.79. The fourth-order valence-corrected chi connectivity index (χ4v) is 1.23. The summed E-state index contributed by atoms with van der Waals surface area (Å²) >= 11 is 0. The number of hydrogen-bond donors (Lipinski definition) is 1. The maximum absolute atomic E-state index is 5.64. The van der Waals surface area contributed by atoms with E-state index in [1.165, 1.54) is 5.56 Å². The zero-order chi connectivity index (χ0) is 10.6. The van der Waals surface area contributed by atoms with Crippen molar-refractivity contribution < 1.29 is 4.74 Å². The molecule has 2 heteroatoms. The van der Waals surface area contributed by atoms with Crippen LogP contribution in [0, 0.1) is 6.92 Å². The molecule has 0 amide bonds. The van der Waals surface area contributed by atoms with Crippen LogP contribution >= 0.6 is 0 Å². The number of ether oxygens (including phenoxy) is 1. The second kappa shape index (κ2) is 4.82. The van der Waals surface area contributed by atoms with Gasteiger partial charge in [-0.3, -0.25) is 0 Å². The second-order valence-electron chi connectivity index (χ2n) is 3.37. The Labute approximate surface area is 85.4 Å². The van der Waals surface area contributed by atoms with Gasteiger partial charge >= 0.3 is 0 Å². The minimum atomic E-state index is 0.0167. The highest BCUT2D eigenvalue weighted by molar-refractivity contribution is 5.37. The summed E-state index contributed by atoms with van der Waals surface area (Å²) in [6.07, 6.45) is 1.78. The van der Waals surface area contributed by atoms with E-state index < -0.39 is 0 Å². The Morgan fingerprint density at radius 1 is 1.57 bits per heavy atom. The Hall–Kier alpha value is -1.28. The molecule has 0 bridgehead atoms. The molecule has 0 fully saturated rings. The quantitative estimate of drug-likeness (QED) is 0.742. The van der Waals surface area contributed by atoms with Gasteiger partial charge in [0.15, 0.2) is 0 Å². The van der Waals surface area contributed by atoms with Crippen molar-refractivity contribution in [2.75, 3.05) is 0 Å². The zero-order valence-electron chi connectivity index (χ0n) is 8.79. The van der Waals surface area contributed by atoms with Gasteiger partial charge in [-0.05, 0) is 19.9 Å². The first kappa shape index (κ1) is 10.8. The maximum Gasteiger partial charge on any atom is 0.124 e. The van der Waals surface area contributed by atoms with Crippen LogP contribution in [0.15, 0.2) is 30.9 Å². The van der Waals surface area contributed by atoms with Crippen molar-refractivity contribution in [3.05, 3.63) is 42.0 Å². The predicted molar refractivity (Wildman–Crippen MR) is 59.4 cm³/mol. The lowest BCUT2D eigenvalue weighted by atomic mass is 10.1. The Morgan fingerprint density at radius 3 is 2.86 bits per heavy atom. The molecule has 0 spiro atoms. The standard InChI is InChI=1S/C12H17NO/c1-4-10(3)14-12-6-5-9(2)7-11(12)8-13/h4-7,10H,1,8,13H2,2-3H3. The van der Waals surface area contributed by atoms with Gasteiger partial charge in [-0.25, -0.2) is 0 Å². The molecule has 0 saturated heterocycles. The van der Waals surface area contributed by atoms with E-state index in [0.717, 1.165) is 11.3 Å². The summed E-state index contributed by atoms with van der Waals surface area (Å²) in [6.45, 7) is 8.17. The maximum atomic E-state index is 5.64. The fraction of sp³-hybridized carbons (Fsp3) is 0.333. The molecule has 76 valence electrons. The van der Waals surface area contributed by atoms with Crippen molar-refractivity contribution in [2.45, 2.75) is 26.5 Å². The minimum Gasteiger partial charge on any atom is -0.486 e. The van der Waals surface area contributed by atoms with Gasteiger partial charge in [-0.1, -0.05) is 30.4 Å². The summed E-state index contributed by atoms with van der Waals surface area (Å²) in [6, 6.07) is 6.02. The van der Waals surface area contributed by atoms with Crippen LogP contribution < -0.4 is 10.5 Å². The fourth-order valence-electron chi connectivity index (χ4n) is 1.23. The van der Waals surface area contributed by atoms with Crippen molar-refractivity contribution in [1.29, 1.82) is 0 Å². The third-order valence-electron chi connectivity index (χ3n) is 2.08. The average molecular weight is 191 g/mol. The van der Waals surface area contributed by atoms with Gasteiger partial charge < -0.3 is 10.5 Å². The molecule has 1 unspecified atom stereocenters. The molecule has 0 heterocycles. The second-order valence-corrected chi connectivity index (χ2v) is 3.37. The van der Waals surface area contributed by atoms with E-state index in [-0.39, 0.29) is 6.10 Å². The molecule has 0 aromatic heterocycles. The molecule has 0 radical (unpaired) electrons. The van der Waals surface area contributed by atoms with Crippen molar-refractivity contribution in [2.24, 2.45) is 5.73 Å². The summed E-state index contributed by atoms with van der Waals surface area (Å²) in [5.41, 5.74) is 7.87. The van der Waals surface area contributed by atoms with Gasteiger partial charge in [0, 0.05) is 12.1 Å². The molecular weight excluding hydrogens is 174 g/mol. The van der Waals surface area contributed by atoms with Crippen LogP contribution in [0.25, 0.3) is 0 Å². The lowest BCUT2D eigenvalue weighted by Gasteiger charge is -2.14. The highest BCUT2D eigenvalue weighted by Crippen LogP contribution is 2.20. The van der Waals surface area contributed by atoms with Crippen LogP contribution in [0.3, 0.4) is 0 Å². The third-order valence-corrected chi connectivity index (χ3v) is 2.08. The highest BCUT2D eigenvalue weighted by atomic mass is 16.5. The van der Waals surface area contributed by atoms with E-state index in [9.17, 15) is 0 Å². The van der Waals surface area contributed by atoms with Crippen LogP contribution in [0.5, 0.6) is 5.75 Å². The van der Waals surface area contributed by atoms with E-state index in [4.69, 9.17) is 10.5 Å². The van der Waals surface area contributed by atoms with Gasteiger partial charge in [0.1, 0.15) is 11.9 Å². The molecule has 1 aromatic rings. The van der Waals surface area contributed by atoms with Crippen molar-refractivity contribution in [3.63, 3.8) is 0 Å². The average Bonchev–Trinajstić information content (AvgIpc) is 2.20. The number of rotatable bonds is 4. The van der Waals surface area contributed by atoms with E-state index >= 15 is 0 Å². The monoisotopic (exact) mass is 191 g/mol. The highest BCUT2D eigenvalue weighted by Gasteiger charge is 2.04. The third kappa shape index (κ3) is 2.60. The molecule has 0 saturated carbocycles. The summed E-state index contributed by atoms with van der Waals surface area (Å²) in [4.78, 5) is 0. The molecule has 1 aromatic carbocycles. The Balaban J connectivity index is 2.90. The molecule has 2 nitrogen and oxygen atoms in total. The van der Waals surface area contributed by atoms with E-state index in [0.29, 0.717) is 6.54 Å². The number of aryl methyl sites for hydroxylation is 1. The van der Waals surface area contributed by atoms with Crippen molar-refractivity contribution >= 4 is 0 Å². The van der Waals surface area contributed by atoms with E-state index in [1.807, 2.05) is 32.0 Å². The first-order valence-corrected chi connectivity index (χ1v) is 4.76. The first-order chi connectivity index (χ1) is 6.67. The molecule has 0 aliphatic carbocycles. The van der Waals surface area contributed by atoms with Gasteiger partial charge in [0.2, 0.25) is 0 Å². The summed E-state index contributed by atoms with van der Waals surface area (Å²) in [5, 5.41) is 0. The Bertz CT molecular complexity index is 320. The SMILES string of the molecule is C=CC(C)Oc1ccc(C)cc1CN. The number of nitrogens with two attached hydrogens (primary N) is 1. The Morgan fingerprint density at radius 2 is 2.29 bits per heavy atom. The molecule has 0 aliphatic rings. The largest absolute Gasteiger partial charge is 0.486 e.